The van der Waals surface area contributed by atoms with E-state index in [1.54, 1.807) is 0 Å². The van der Waals surface area contributed by atoms with Gasteiger partial charge in [-0.3, -0.25) is 4.79 Å². The SMILES string of the molecule is CC1CCN(C(=O)c2c[nH]c3ccccc23)C(C)C1. The second-order valence-electron chi connectivity index (χ2n) is 5.73. The molecule has 1 aromatic heterocycles. The maximum atomic E-state index is 12.7. The third-order valence-corrected chi connectivity index (χ3v) is 4.22. The molecular weight excluding hydrogens is 236 g/mol. The first-order valence-electron chi connectivity index (χ1n) is 7.04. The molecule has 2 heterocycles. The Balaban J connectivity index is 1.91. The Morgan fingerprint density at radius 3 is 2.89 bits per heavy atom. The number of hydrogen-bond acceptors (Lipinski definition) is 1. The van der Waals surface area contributed by atoms with Crippen LogP contribution in [0.1, 0.15) is 37.0 Å². The number of hydrogen-bond donors (Lipinski definition) is 1. The average molecular weight is 256 g/mol. The van der Waals surface area contributed by atoms with Crippen LogP contribution in [0.3, 0.4) is 0 Å². The standard InChI is InChI=1S/C16H20N2O/c1-11-7-8-18(12(2)9-11)16(19)14-10-17-15-6-4-3-5-13(14)15/h3-6,10-12,17H,7-9H2,1-2H3. The number of carbonyl (C=O) groups excluding carboxylic acids is 1. The number of aromatic amines is 1. The Hall–Kier alpha value is -1.77. The predicted molar refractivity (Wildman–Crippen MR) is 77.2 cm³/mol. The lowest BCUT2D eigenvalue weighted by molar-refractivity contribution is 0.0590. The smallest absolute Gasteiger partial charge is 0.256 e. The normalized spacial score (nSPS) is 23.8. The molecule has 0 radical (unpaired) electrons. The van der Waals surface area contributed by atoms with Gasteiger partial charge in [0.2, 0.25) is 0 Å². The Morgan fingerprint density at radius 1 is 1.32 bits per heavy atom. The first-order valence-corrected chi connectivity index (χ1v) is 7.04. The van der Waals surface area contributed by atoms with Gasteiger partial charge < -0.3 is 9.88 Å². The quantitative estimate of drug-likeness (QED) is 0.833. The number of benzene rings is 1. The van der Waals surface area contributed by atoms with Gasteiger partial charge in [-0.15, -0.1) is 0 Å². The number of likely N-dealkylation sites (tertiary alicyclic amines) is 1. The summed E-state index contributed by atoms with van der Waals surface area (Å²) in [6, 6.07) is 8.32. The van der Waals surface area contributed by atoms with E-state index in [-0.39, 0.29) is 5.91 Å². The number of aromatic nitrogens is 1. The molecule has 2 aromatic rings. The molecule has 0 spiro atoms. The number of para-hydroxylation sites is 1. The van der Waals surface area contributed by atoms with Crippen LogP contribution in [0.5, 0.6) is 0 Å². The summed E-state index contributed by atoms with van der Waals surface area (Å²) in [4.78, 5) is 17.9. The van der Waals surface area contributed by atoms with E-state index in [4.69, 9.17) is 0 Å². The highest BCUT2D eigenvalue weighted by Gasteiger charge is 2.28. The van der Waals surface area contributed by atoms with Crippen LogP contribution < -0.4 is 0 Å². The van der Waals surface area contributed by atoms with E-state index in [1.807, 2.05) is 35.4 Å². The van der Waals surface area contributed by atoms with Crippen LogP contribution in [0.2, 0.25) is 0 Å². The van der Waals surface area contributed by atoms with E-state index >= 15 is 0 Å². The van der Waals surface area contributed by atoms with E-state index in [9.17, 15) is 4.79 Å². The van der Waals surface area contributed by atoms with Crippen LogP contribution in [-0.4, -0.2) is 28.4 Å². The Labute approximate surface area is 113 Å². The van der Waals surface area contributed by atoms with Crippen LogP contribution in [0, 0.1) is 5.92 Å². The molecule has 3 heteroatoms. The zero-order valence-electron chi connectivity index (χ0n) is 11.5. The number of carbonyl (C=O) groups is 1. The number of nitrogens with zero attached hydrogens (tertiary/aromatic N) is 1. The zero-order valence-corrected chi connectivity index (χ0v) is 11.5. The molecule has 1 fully saturated rings. The van der Waals surface area contributed by atoms with Gasteiger partial charge in [-0.05, 0) is 31.7 Å². The minimum absolute atomic E-state index is 0.164. The molecule has 19 heavy (non-hydrogen) atoms. The van der Waals surface area contributed by atoms with Crippen molar-refractivity contribution in [2.45, 2.75) is 32.7 Å². The number of piperidine rings is 1. The molecule has 0 saturated carbocycles. The maximum absolute atomic E-state index is 12.7. The molecule has 3 rings (SSSR count). The van der Waals surface area contributed by atoms with Crippen molar-refractivity contribution in [1.82, 2.24) is 9.88 Å². The Kier molecular flexibility index (Phi) is 3.05. The molecule has 0 aliphatic carbocycles. The Bertz CT molecular complexity index is 602. The number of fused-ring (bicyclic) bond motifs is 1. The molecule has 1 N–H and O–H groups in total. The summed E-state index contributed by atoms with van der Waals surface area (Å²) in [7, 11) is 0. The third-order valence-electron chi connectivity index (χ3n) is 4.22. The highest BCUT2D eigenvalue weighted by Crippen LogP contribution is 2.26. The van der Waals surface area contributed by atoms with Gasteiger partial charge in [0.15, 0.2) is 0 Å². The third kappa shape index (κ3) is 2.14. The predicted octanol–water partition coefficient (Wildman–Crippen LogP) is 3.43. The van der Waals surface area contributed by atoms with Crippen molar-refractivity contribution >= 4 is 16.8 Å². The lowest BCUT2D eigenvalue weighted by atomic mass is 9.93. The molecule has 0 bridgehead atoms. The topological polar surface area (TPSA) is 36.1 Å². The fourth-order valence-electron chi connectivity index (χ4n) is 3.11. The summed E-state index contributed by atoms with van der Waals surface area (Å²) in [6.45, 7) is 5.30. The van der Waals surface area contributed by atoms with E-state index in [2.05, 4.69) is 18.8 Å². The summed E-state index contributed by atoms with van der Waals surface area (Å²) >= 11 is 0. The molecule has 1 saturated heterocycles. The molecular formula is C16H20N2O. The van der Waals surface area contributed by atoms with Crippen LogP contribution in [0.15, 0.2) is 30.5 Å². The first kappa shape index (κ1) is 12.3. The van der Waals surface area contributed by atoms with Crippen molar-refractivity contribution in [3.63, 3.8) is 0 Å². The first-order chi connectivity index (χ1) is 9.16. The van der Waals surface area contributed by atoms with E-state index in [0.717, 1.165) is 41.8 Å². The number of amides is 1. The van der Waals surface area contributed by atoms with Gasteiger partial charge in [0.1, 0.15) is 0 Å². The van der Waals surface area contributed by atoms with Crippen molar-refractivity contribution in [2.24, 2.45) is 5.92 Å². The van der Waals surface area contributed by atoms with Crippen molar-refractivity contribution < 1.29 is 4.79 Å². The molecule has 100 valence electrons. The van der Waals surface area contributed by atoms with Crippen molar-refractivity contribution in [2.75, 3.05) is 6.54 Å². The highest BCUT2D eigenvalue weighted by atomic mass is 16.2. The average Bonchev–Trinajstić information content (AvgIpc) is 2.82. The van der Waals surface area contributed by atoms with Gasteiger partial charge in [0.25, 0.3) is 5.91 Å². The van der Waals surface area contributed by atoms with Crippen molar-refractivity contribution in [3.05, 3.63) is 36.0 Å². The van der Waals surface area contributed by atoms with Crippen LogP contribution in [0.25, 0.3) is 10.9 Å². The summed E-state index contributed by atoms with van der Waals surface area (Å²) in [5, 5.41) is 1.03. The van der Waals surface area contributed by atoms with E-state index < -0.39 is 0 Å². The zero-order chi connectivity index (χ0) is 13.4. The van der Waals surface area contributed by atoms with Gasteiger partial charge in [-0.25, -0.2) is 0 Å². The lowest BCUT2D eigenvalue weighted by Gasteiger charge is -2.36. The fourth-order valence-corrected chi connectivity index (χ4v) is 3.11. The molecule has 1 aliphatic heterocycles. The minimum atomic E-state index is 0.164. The van der Waals surface area contributed by atoms with Crippen LogP contribution in [-0.2, 0) is 0 Å². The lowest BCUT2D eigenvalue weighted by Crippen LogP contribution is -2.44. The van der Waals surface area contributed by atoms with Gasteiger partial charge in [0.05, 0.1) is 5.56 Å². The van der Waals surface area contributed by atoms with E-state index in [0.29, 0.717) is 6.04 Å². The number of nitrogens with one attached hydrogen (secondary N) is 1. The number of H-pyrrole nitrogens is 1. The van der Waals surface area contributed by atoms with Crippen molar-refractivity contribution in [1.29, 1.82) is 0 Å². The molecule has 2 atom stereocenters. The molecule has 3 nitrogen and oxygen atoms in total. The molecule has 2 unspecified atom stereocenters. The minimum Gasteiger partial charge on any atom is -0.360 e. The number of rotatable bonds is 1. The second kappa shape index (κ2) is 4.72. The van der Waals surface area contributed by atoms with Gasteiger partial charge in [-0.1, -0.05) is 25.1 Å². The van der Waals surface area contributed by atoms with Crippen LogP contribution >= 0.6 is 0 Å². The summed E-state index contributed by atoms with van der Waals surface area (Å²) < 4.78 is 0. The molecule has 1 aromatic carbocycles. The molecule has 1 aliphatic rings. The summed E-state index contributed by atoms with van der Waals surface area (Å²) in [5.74, 6) is 0.888. The van der Waals surface area contributed by atoms with Gasteiger partial charge >= 0.3 is 0 Å². The van der Waals surface area contributed by atoms with Gasteiger partial charge in [0, 0.05) is 29.7 Å². The summed E-state index contributed by atoms with van der Waals surface area (Å²) in [5.41, 5.74) is 1.83. The largest absolute Gasteiger partial charge is 0.360 e. The van der Waals surface area contributed by atoms with Crippen molar-refractivity contribution in [3.8, 4) is 0 Å². The molecule has 1 amide bonds. The van der Waals surface area contributed by atoms with E-state index in [1.165, 1.54) is 0 Å². The maximum Gasteiger partial charge on any atom is 0.256 e. The summed E-state index contributed by atoms with van der Waals surface area (Å²) in [6.07, 6.45) is 4.06. The van der Waals surface area contributed by atoms with Gasteiger partial charge in [-0.2, -0.15) is 0 Å². The monoisotopic (exact) mass is 256 g/mol. The van der Waals surface area contributed by atoms with Crippen LogP contribution in [0.4, 0.5) is 0 Å². The fraction of sp³-hybridized carbons (Fsp3) is 0.438. The highest BCUT2D eigenvalue weighted by molar-refractivity contribution is 6.06. The Morgan fingerprint density at radius 2 is 2.11 bits per heavy atom. The second-order valence-corrected chi connectivity index (χ2v) is 5.73.